The molecular weight excluding hydrogens is 395 g/mol. The highest BCUT2D eigenvalue weighted by molar-refractivity contribution is 14.0. The SMILES string of the molecule is CCNC(=NCCCOCCOC)NCCNC(C)(C)C.I. The Balaban J connectivity index is 0. The highest BCUT2D eigenvalue weighted by atomic mass is 127. The predicted octanol–water partition coefficient (Wildman–Crippen LogP) is 1.60. The lowest BCUT2D eigenvalue weighted by Gasteiger charge is -2.21. The van der Waals surface area contributed by atoms with Crippen LogP contribution in [0.5, 0.6) is 0 Å². The number of nitrogens with zero attached hydrogens (tertiary/aromatic N) is 1. The van der Waals surface area contributed by atoms with E-state index in [2.05, 4.69) is 48.6 Å². The second-order valence-electron chi connectivity index (χ2n) is 5.82. The van der Waals surface area contributed by atoms with Gasteiger partial charge in [-0.15, -0.1) is 24.0 Å². The molecule has 0 spiro atoms. The third kappa shape index (κ3) is 17.9. The Morgan fingerprint density at radius 2 is 1.77 bits per heavy atom. The number of aliphatic imine (C=N–C) groups is 1. The molecule has 0 radical (unpaired) electrons. The van der Waals surface area contributed by atoms with Crippen molar-refractivity contribution in [3.05, 3.63) is 0 Å². The van der Waals surface area contributed by atoms with Crippen LogP contribution in [0.2, 0.25) is 0 Å². The molecule has 0 rings (SSSR count). The number of ether oxygens (including phenoxy) is 2. The molecule has 0 amide bonds. The van der Waals surface area contributed by atoms with E-state index in [0.29, 0.717) is 13.2 Å². The van der Waals surface area contributed by atoms with Crippen LogP contribution in [0, 0.1) is 0 Å². The lowest BCUT2D eigenvalue weighted by atomic mass is 10.1. The van der Waals surface area contributed by atoms with Crippen LogP contribution in [0.15, 0.2) is 4.99 Å². The van der Waals surface area contributed by atoms with E-state index in [0.717, 1.165) is 45.2 Å². The molecule has 0 aliphatic carbocycles. The molecule has 0 saturated heterocycles. The summed E-state index contributed by atoms with van der Waals surface area (Å²) < 4.78 is 10.3. The number of methoxy groups -OCH3 is 1. The first-order valence-electron chi connectivity index (χ1n) is 7.83. The Labute approximate surface area is 153 Å². The van der Waals surface area contributed by atoms with Crippen LogP contribution >= 0.6 is 24.0 Å². The molecular formula is C15H35IN4O2. The minimum atomic E-state index is 0. The van der Waals surface area contributed by atoms with Crippen LogP contribution in [0.1, 0.15) is 34.1 Å². The summed E-state index contributed by atoms with van der Waals surface area (Å²) in [5.41, 5.74) is 0.150. The highest BCUT2D eigenvalue weighted by Gasteiger charge is 2.07. The van der Waals surface area contributed by atoms with Gasteiger partial charge in [-0.05, 0) is 34.1 Å². The molecule has 3 N–H and O–H groups in total. The van der Waals surface area contributed by atoms with Gasteiger partial charge in [0, 0.05) is 45.4 Å². The molecule has 0 aromatic heterocycles. The van der Waals surface area contributed by atoms with Crippen molar-refractivity contribution in [3.63, 3.8) is 0 Å². The molecule has 0 aromatic rings. The van der Waals surface area contributed by atoms with Crippen molar-refractivity contribution >= 4 is 29.9 Å². The molecule has 0 saturated carbocycles. The Morgan fingerprint density at radius 3 is 2.36 bits per heavy atom. The third-order valence-corrected chi connectivity index (χ3v) is 2.57. The van der Waals surface area contributed by atoms with Gasteiger partial charge in [-0.25, -0.2) is 0 Å². The van der Waals surface area contributed by atoms with Crippen LogP contribution in [0.25, 0.3) is 0 Å². The van der Waals surface area contributed by atoms with Gasteiger partial charge in [-0.1, -0.05) is 0 Å². The lowest BCUT2D eigenvalue weighted by Crippen LogP contribution is -2.44. The number of halogens is 1. The van der Waals surface area contributed by atoms with Crippen molar-refractivity contribution in [3.8, 4) is 0 Å². The Morgan fingerprint density at radius 1 is 1.05 bits per heavy atom. The van der Waals surface area contributed by atoms with Crippen molar-refractivity contribution in [2.24, 2.45) is 4.99 Å². The average Bonchev–Trinajstić information content (AvgIpc) is 2.41. The van der Waals surface area contributed by atoms with Crippen molar-refractivity contribution in [2.75, 3.05) is 53.1 Å². The molecule has 0 bridgehead atoms. The summed E-state index contributed by atoms with van der Waals surface area (Å²) in [6.45, 7) is 14.0. The van der Waals surface area contributed by atoms with Crippen molar-refractivity contribution in [1.29, 1.82) is 0 Å². The molecule has 0 unspecified atom stereocenters. The van der Waals surface area contributed by atoms with E-state index in [-0.39, 0.29) is 29.5 Å². The maximum atomic E-state index is 5.41. The van der Waals surface area contributed by atoms with Crippen LogP contribution in [-0.4, -0.2) is 64.6 Å². The Kier molecular flexibility index (Phi) is 17.3. The van der Waals surface area contributed by atoms with Gasteiger partial charge in [0.25, 0.3) is 0 Å². The largest absolute Gasteiger partial charge is 0.382 e. The molecule has 7 heteroatoms. The zero-order valence-corrected chi connectivity index (χ0v) is 17.2. The first-order valence-corrected chi connectivity index (χ1v) is 7.83. The molecule has 134 valence electrons. The van der Waals surface area contributed by atoms with E-state index in [1.54, 1.807) is 7.11 Å². The topological polar surface area (TPSA) is 66.9 Å². The van der Waals surface area contributed by atoms with Crippen LogP contribution in [0.4, 0.5) is 0 Å². The van der Waals surface area contributed by atoms with Gasteiger partial charge >= 0.3 is 0 Å². The summed E-state index contributed by atoms with van der Waals surface area (Å²) in [4.78, 5) is 4.52. The lowest BCUT2D eigenvalue weighted by molar-refractivity contribution is 0.0702. The molecule has 0 aliphatic rings. The predicted molar refractivity (Wildman–Crippen MR) is 104 cm³/mol. The fraction of sp³-hybridized carbons (Fsp3) is 0.933. The number of rotatable bonds is 11. The molecule has 0 fully saturated rings. The van der Waals surface area contributed by atoms with E-state index in [4.69, 9.17) is 9.47 Å². The highest BCUT2D eigenvalue weighted by Crippen LogP contribution is 1.96. The first-order chi connectivity index (χ1) is 9.99. The Hall–Kier alpha value is -0.120. The second kappa shape index (κ2) is 15.8. The second-order valence-corrected chi connectivity index (χ2v) is 5.82. The standard InChI is InChI=1S/C15H34N4O2.HI/c1-6-16-14(18-9-10-19-15(2,3)4)17-8-7-11-21-13-12-20-5;/h19H,6-13H2,1-5H3,(H2,16,17,18);1H. The number of guanidine groups is 1. The quantitative estimate of drug-likeness (QED) is 0.201. The summed E-state index contributed by atoms with van der Waals surface area (Å²) in [5.74, 6) is 0.866. The van der Waals surface area contributed by atoms with E-state index < -0.39 is 0 Å². The smallest absolute Gasteiger partial charge is 0.191 e. The normalized spacial score (nSPS) is 12.0. The minimum absolute atomic E-state index is 0. The number of hydrogen-bond donors (Lipinski definition) is 3. The molecule has 6 nitrogen and oxygen atoms in total. The van der Waals surface area contributed by atoms with E-state index >= 15 is 0 Å². The van der Waals surface area contributed by atoms with Gasteiger partial charge in [0.2, 0.25) is 0 Å². The number of nitrogens with one attached hydrogen (secondary N) is 3. The zero-order valence-electron chi connectivity index (χ0n) is 14.8. The summed E-state index contributed by atoms with van der Waals surface area (Å²) in [6.07, 6.45) is 0.917. The van der Waals surface area contributed by atoms with Gasteiger partial charge in [-0.3, -0.25) is 4.99 Å². The molecule has 0 aliphatic heterocycles. The fourth-order valence-electron chi connectivity index (χ4n) is 1.56. The maximum Gasteiger partial charge on any atom is 0.191 e. The maximum absolute atomic E-state index is 5.41. The van der Waals surface area contributed by atoms with E-state index in [1.807, 2.05) is 0 Å². The fourth-order valence-corrected chi connectivity index (χ4v) is 1.56. The molecule has 0 atom stereocenters. The van der Waals surface area contributed by atoms with Crippen LogP contribution in [0.3, 0.4) is 0 Å². The van der Waals surface area contributed by atoms with Gasteiger partial charge < -0.3 is 25.4 Å². The summed E-state index contributed by atoms with van der Waals surface area (Å²) in [5, 5.41) is 10.00. The van der Waals surface area contributed by atoms with E-state index in [1.165, 1.54) is 0 Å². The monoisotopic (exact) mass is 430 g/mol. The molecule has 0 heterocycles. The average molecular weight is 430 g/mol. The van der Waals surface area contributed by atoms with Crippen molar-refractivity contribution in [2.45, 2.75) is 39.7 Å². The number of hydrogen-bond acceptors (Lipinski definition) is 4. The van der Waals surface area contributed by atoms with Gasteiger partial charge in [0.05, 0.1) is 13.2 Å². The molecule has 0 aromatic carbocycles. The van der Waals surface area contributed by atoms with E-state index in [9.17, 15) is 0 Å². The third-order valence-electron chi connectivity index (χ3n) is 2.57. The Bertz CT molecular complexity index is 271. The van der Waals surface area contributed by atoms with Gasteiger partial charge in [-0.2, -0.15) is 0 Å². The summed E-state index contributed by atoms with van der Waals surface area (Å²) in [6, 6.07) is 0. The zero-order chi connectivity index (χ0) is 16.0. The summed E-state index contributed by atoms with van der Waals surface area (Å²) in [7, 11) is 1.68. The van der Waals surface area contributed by atoms with Crippen molar-refractivity contribution < 1.29 is 9.47 Å². The van der Waals surface area contributed by atoms with Crippen LogP contribution < -0.4 is 16.0 Å². The van der Waals surface area contributed by atoms with Gasteiger partial charge in [0.1, 0.15) is 0 Å². The first kappa shape index (κ1) is 24.1. The summed E-state index contributed by atoms with van der Waals surface area (Å²) >= 11 is 0. The molecule has 22 heavy (non-hydrogen) atoms. The van der Waals surface area contributed by atoms with Crippen molar-refractivity contribution in [1.82, 2.24) is 16.0 Å². The van der Waals surface area contributed by atoms with Gasteiger partial charge in [0.15, 0.2) is 5.96 Å². The van der Waals surface area contributed by atoms with Crippen LogP contribution in [-0.2, 0) is 9.47 Å². The minimum Gasteiger partial charge on any atom is -0.382 e.